The number of nitrogens with one attached hydrogen (secondary N) is 1. The van der Waals surface area contributed by atoms with Crippen molar-refractivity contribution in [3.8, 4) is 5.75 Å². The number of carbonyl (C=O) groups excluding carboxylic acids is 2. The van der Waals surface area contributed by atoms with Gasteiger partial charge < -0.3 is 14.8 Å². The SMILES string of the molecule is Cc1ccc(NC(=O)COC(=O)COc2ccc(F)cc2)cc1F. The number of benzene rings is 2. The molecule has 126 valence electrons. The predicted octanol–water partition coefficient (Wildman–Crippen LogP) is 2.83. The molecule has 2 aromatic carbocycles. The zero-order valence-corrected chi connectivity index (χ0v) is 12.8. The van der Waals surface area contributed by atoms with Crippen molar-refractivity contribution in [1.29, 1.82) is 0 Å². The lowest BCUT2D eigenvalue weighted by Gasteiger charge is -2.08. The smallest absolute Gasteiger partial charge is 0.344 e. The van der Waals surface area contributed by atoms with Crippen LogP contribution in [0.4, 0.5) is 14.5 Å². The molecule has 0 aliphatic rings. The molecule has 0 spiro atoms. The van der Waals surface area contributed by atoms with Crippen LogP contribution in [-0.4, -0.2) is 25.1 Å². The van der Waals surface area contributed by atoms with Crippen LogP contribution in [0.3, 0.4) is 0 Å². The summed E-state index contributed by atoms with van der Waals surface area (Å²) in [7, 11) is 0. The fourth-order valence-corrected chi connectivity index (χ4v) is 1.73. The molecule has 0 saturated heterocycles. The molecule has 0 aliphatic heterocycles. The summed E-state index contributed by atoms with van der Waals surface area (Å²) >= 11 is 0. The van der Waals surface area contributed by atoms with Gasteiger partial charge in [0.2, 0.25) is 0 Å². The second kappa shape index (κ2) is 8.05. The maximum Gasteiger partial charge on any atom is 0.344 e. The van der Waals surface area contributed by atoms with Gasteiger partial charge in [0, 0.05) is 5.69 Å². The Balaban J connectivity index is 1.73. The number of halogens is 2. The van der Waals surface area contributed by atoms with E-state index in [0.717, 1.165) is 0 Å². The molecule has 24 heavy (non-hydrogen) atoms. The number of carbonyl (C=O) groups is 2. The van der Waals surface area contributed by atoms with Crippen molar-refractivity contribution in [3.63, 3.8) is 0 Å². The van der Waals surface area contributed by atoms with Gasteiger partial charge in [-0.25, -0.2) is 13.6 Å². The summed E-state index contributed by atoms with van der Waals surface area (Å²) in [6, 6.07) is 9.34. The molecule has 0 aliphatic carbocycles. The third-order valence-electron chi connectivity index (χ3n) is 2.99. The second-order valence-corrected chi connectivity index (χ2v) is 4.92. The lowest BCUT2D eigenvalue weighted by Crippen LogP contribution is -2.23. The van der Waals surface area contributed by atoms with Gasteiger partial charge in [0.15, 0.2) is 13.2 Å². The van der Waals surface area contributed by atoms with Gasteiger partial charge in [-0.3, -0.25) is 4.79 Å². The van der Waals surface area contributed by atoms with Crippen molar-refractivity contribution in [2.45, 2.75) is 6.92 Å². The van der Waals surface area contributed by atoms with Gasteiger partial charge in [0.1, 0.15) is 17.4 Å². The first kappa shape index (κ1) is 17.4. The summed E-state index contributed by atoms with van der Waals surface area (Å²) in [5.41, 5.74) is 0.721. The van der Waals surface area contributed by atoms with E-state index in [0.29, 0.717) is 11.3 Å². The van der Waals surface area contributed by atoms with Crippen molar-refractivity contribution in [2.24, 2.45) is 0 Å². The van der Waals surface area contributed by atoms with Crippen LogP contribution in [0.5, 0.6) is 5.75 Å². The normalized spacial score (nSPS) is 10.1. The van der Waals surface area contributed by atoms with E-state index in [1.807, 2.05) is 0 Å². The van der Waals surface area contributed by atoms with Gasteiger partial charge in [0.25, 0.3) is 5.91 Å². The molecule has 0 aromatic heterocycles. The first-order valence-electron chi connectivity index (χ1n) is 7.04. The summed E-state index contributed by atoms with van der Waals surface area (Å²) in [6.07, 6.45) is 0. The zero-order chi connectivity index (χ0) is 17.5. The highest BCUT2D eigenvalue weighted by atomic mass is 19.1. The average molecular weight is 335 g/mol. The van der Waals surface area contributed by atoms with Crippen LogP contribution < -0.4 is 10.1 Å². The van der Waals surface area contributed by atoms with Gasteiger partial charge in [-0.1, -0.05) is 6.07 Å². The number of ether oxygens (including phenoxy) is 2. The minimum atomic E-state index is -0.760. The molecule has 5 nitrogen and oxygen atoms in total. The Morgan fingerprint density at radius 2 is 1.75 bits per heavy atom. The largest absolute Gasteiger partial charge is 0.482 e. The van der Waals surface area contributed by atoms with Crippen molar-refractivity contribution >= 4 is 17.6 Å². The van der Waals surface area contributed by atoms with Crippen LogP contribution in [0.1, 0.15) is 5.56 Å². The van der Waals surface area contributed by atoms with Gasteiger partial charge in [-0.05, 0) is 48.9 Å². The Morgan fingerprint density at radius 1 is 1.04 bits per heavy atom. The Kier molecular flexibility index (Phi) is 5.83. The monoisotopic (exact) mass is 335 g/mol. The number of aryl methyl sites for hydroxylation is 1. The molecular weight excluding hydrogens is 320 g/mol. The first-order valence-corrected chi connectivity index (χ1v) is 7.04. The van der Waals surface area contributed by atoms with E-state index in [1.165, 1.54) is 42.5 Å². The molecule has 0 heterocycles. The maximum absolute atomic E-state index is 13.4. The average Bonchev–Trinajstić information content (AvgIpc) is 2.56. The van der Waals surface area contributed by atoms with Crippen LogP contribution >= 0.6 is 0 Å². The standard InChI is InChI=1S/C17H15F2NO4/c1-11-2-5-13(8-15(11)19)20-16(21)9-24-17(22)10-23-14-6-3-12(18)4-7-14/h2-8H,9-10H2,1H3,(H,20,21). The highest BCUT2D eigenvalue weighted by Gasteiger charge is 2.09. The molecule has 2 rings (SSSR count). The number of hydrogen-bond acceptors (Lipinski definition) is 4. The third-order valence-corrected chi connectivity index (χ3v) is 2.99. The summed E-state index contributed by atoms with van der Waals surface area (Å²) in [6.45, 7) is 0.656. The molecule has 0 atom stereocenters. The molecule has 0 fully saturated rings. The third kappa shape index (κ3) is 5.35. The van der Waals surface area contributed by atoms with Crippen molar-refractivity contribution in [2.75, 3.05) is 18.5 Å². The minimum absolute atomic E-state index is 0.265. The minimum Gasteiger partial charge on any atom is -0.482 e. The maximum atomic E-state index is 13.4. The highest BCUT2D eigenvalue weighted by molar-refractivity contribution is 5.92. The zero-order valence-electron chi connectivity index (χ0n) is 12.8. The number of anilines is 1. The van der Waals surface area contributed by atoms with Crippen molar-refractivity contribution in [1.82, 2.24) is 0 Å². The van der Waals surface area contributed by atoms with Crippen LogP contribution in [0.15, 0.2) is 42.5 Å². The predicted molar refractivity (Wildman–Crippen MR) is 82.6 cm³/mol. The van der Waals surface area contributed by atoms with Crippen LogP contribution in [0, 0.1) is 18.6 Å². The van der Waals surface area contributed by atoms with E-state index in [-0.39, 0.29) is 5.69 Å². The number of rotatable bonds is 6. The Hall–Kier alpha value is -2.96. The highest BCUT2D eigenvalue weighted by Crippen LogP contribution is 2.13. The summed E-state index contributed by atoms with van der Waals surface area (Å²) < 4.78 is 35.9. The number of esters is 1. The molecule has 2 aromatic rings. The van der Waals surface area contributed by atoms with E-state index in [2.05, 4.69) is 5.32 Å². The summed E-state index contributed by atoms with van der Waals surface area (Å²) in [5.74, 6) is -1.93. The Morgan fingerprint density at radius 3 is 2.42 bits per heavy atom. The second-order valence-electron chi connectivity index (χ2n) is 4.92. The van der Waals surface area contributed by atoms with E-state index < -0.39 is 36.7 Å². The van der Waals surface area contributed by atoms with Crippen LogP contribution in [0.2, 0.25) is 0 Å². The lowest BCUT2D eigenvalue weighted by molar-refractivity contribution is -0.149. The molecule has 0 bridgehead atoms. The molecule has 7 heteroatoms. The summed E-state index contributed by atoms with van der Waals surface area (Å²) in [5, 5.41) is 2.41. The molecule has 0 saturated carbocycles. The molecule has 1 amide bonds. The molecule has 1 N–H and O–H groups in total. The van der Waals surface area contributed by atoms with E-state index >= 15 is 0 Å². The van der Waals surface area contributed by atoms with Gasteiger partial charge in [0.05, 0.1) is 0 Å². The number of amides is 1. The topological polar surface area (TPSA) is 64.6 Å². The quantitative estimate of drug-likeness (QED) is 0.825. The molecule has 0 unspecified atom stereocenters. The van der Waals surface area contributed by atoms with E-state index in [1.54, 1.807) is 6.92 Å². The lowest BCUT2D eigenvalue weighted by atomic mass is 10.2. The van der Waals surface area contributed by atoms with Crippen LogP contribution in [0.25, 0.3) is 0 Å². The van der Waals surface area contributed by atoms with Crippen LogP contribution in [-0.2, 0) is 14.3 Å². The number of hydrogen-bond donors (Lipinski definition) is 1. The van der Waals surface area contributed by atoms with E-state index in [9.17, 15) is 18.4 Å². The van der Waals surface area contributed by atoms with Gasteiger partial charge in [-0.2, -0.15) is 0 Å². The Labute approximate surface area is 137 Å². The van der Waals surface area contributed by atoms with Gasteiger partial charge >= 0.3 is 5.97 Å². The van der Waals surface area contributed by atoms with Crippen molar-refractivity contribution in [3.05, 3.63) is 59.7 Å². The van der Waals surface area contributed by atoms with Gasteiger partial charge in [-0.15, -0.1) is 0 Å². The van der Waals surface area contributed by atoms with E-state index in [4.69, 9.17) is 9.47 Å². The Bertz CT molecular complexity index is 732. The molecular formula is C17H15F2NO4. The van der Waals surface area contributed by atoms with Crippen molar-refractivity contribution < 1.29 is 27.8 Å². The fraction of sp³-hybridized carbons (Fsp3) is 0.176. The summed E-state index contributed by atoms with van der Waals surface area (Å²) in [4.78, 5) is 23.1. The fourth-order valence-electron chi connectivity index (χ4n) is 1.73. The first-order chi connectivity index (χ1) is 11.4. The molecule has 0 radical (unpaired) electrons.